The van der Waals surface area contributed by atoms with E-state index < -0.39 is 61.1 Å². The summed E-state index contributed by atoms with van der Waals surface area (Å²) >= 11 is 0. The largest absolute Gasteiger partial charge is 0.394 e. The number of nitrogens with one attached hydrogen (secondary N) is 1. The van der Waals surface area contributed by atoms with Crippen molar-refractivity contribution in [2.24, 2.45) is 11.7 Å². The molecule has 2 aliphatic rings. The van der Waals surface area contributed by atoms with Gasteiger partial charge < -0.3 is 59.9 Å². The minimum atomic E-state index is -1.30. The van der Waals surface area contributed by atoms with Gasteiger partial charge in [0.1, 0.15) is 24.4 Å². The molecule has 2 aliphatic heterocycles. The molecule has 0 aliphatic carbocycles. The van der Waals surface area contributed by atoms with Crippen molar-refractivity contribution in [3.8, 4) is 0 Å². The first-order valence-electron chi connectivity index (χ1n) is 11.0. The summed E-state index contributed by atoms with van der Waals surface area (Å²) in [6, 6.07) is -1.90. The molecule has 13 nitrogen and oxygen atoms in total. The molecule has 10 atom stereocenters. The first-order chi connectivity index (χ1) is 15.7. The summed E-state index contributed by atoms with van der Waals surface area (Å²) in [6.07, 6.45) is -6.94. The second kappa shape index (κ2) is 13.8. The molecule has 0 bridgehead atoms. The molecule has 13 heteroatoms. The highest BCUT2D eigenvalue weighted by atomic mass is 16.7. The maximum Gasteiger partial charge on any atom is 0.217 e. The van der Waals surface area contributed by atoms with Gasteiger partial charge in [0.25, 0.3) is 0 Å². The average Bonchev–Trinajstić information content (AvgIpc) is 2.78. The molecule has 2 fully saturated rings. The summed E-state index contributed by atoms with van der Waals surface area (Å²) in [6.45, 7) is 2.87. The number of carbonyl (C=O) groups is 1. The Balaban J connectivity index is 2.20. The summed E-state index contributed by atoms with van der Waals surface area (Å²) in [4.78, 5) is 11.7. The van der Waals surface area contributed by atoms with E-state index in [0.717, 1.165) is 0 Å². The van der Waals surface area contributed by atoms with Crippen LogP contribution in [0.2, 0.25) is 0 Å². The van der Waals surface area contributed by atoms with E-state index in [1.807, 2.05) is 0 Å². The van der Waals surface area contributed by atoms with Gasteiger partial charge in [-0.15, -0.1) is 0 Å². The first kappa shape index (κ1) is 28.3. The molecule has 7 N–H and O–H groups in total. The van der Waals surface area contributed by atoms with Gasteiger partial charge in [0.05, 0.1) is 57.9 Å². The SMILES string of the molecule is CO[C@@H]1OC(COCCO)[C@H](O[C@@H]2OC(COCCO)[C@H](C)[C@@H](O)C2N)[C@@H](O)C1NC(C)=O. The Morgan fingerprint density at radius 3 is 2.12 bits per heavy atom. The van der Waals surface area contributed by atoms with E-state index in [2.05, 4.69) is 5.32 Å². The van der Waals surface area contributed by atoms with Crippen LogP contribution in [-0.2, 0) is 33.2 Å². The van der Waals surface area contributed by atoms with E-state index in [1.54, 1.807) is 6.92 Å². The van der Waals surface area contributed by atoms with E-state index >= 15 is 0 Å². The van der Waals surface area contributed by atoms with Gasteiger partial charge in [-0.25, -0.2) is 0 Å². The van der Waals surface area contributed by atoms with Crippen LogP contribution in [0.5, 0.6) is 0 Å². The van der Waals surface area contributed by atoms with Crippen molar-refractivity contribution in [2.45, 2.75) is 69.0 Å². The molecule has 0 radical (unpaired) electrons. The Labute approximate surface area is 193 Å². The Bertz CT molecular complexity index is 586. The molecule has 2 rings (SSSR count). The van der Waals surface area contributed by atoms with Crippen molar-refractivity contribution >= 4 is 5.91 Å². The lowest BCUT2D eigenvalue weighted by atomic mass is 9.89. The lowest BCUT2D eigenvalue weighted by Crippen LogP contribution is -2.67. The topological polar surface area (TPSA) is 191 Å². The fourth-order valence-electron chi connectivity index (χ4n) is 3.93. The highest BCUT2D eigenvalue weighted by Gasteiger charge is 2.50. The maximum absolute atomic E-state index is 11.7. The quantitative estimate of drug-likeness (QED) is 0.152. The van der Waals surface area contributed by atoms with Crippen LogP contribution in [0.25, 0.3) is 0 Å². The number of amides is 1. The Hall–Kier alpha value is -0.970. The third-order valence-corrected chi connectivity index (χ3v) is 5.74. The molecular weight excluding hydrogens is 444 g/mol. The molecular formula is C20H38N2O11. The highest BCUT2D eigenvalue weighted by molar-refractivity contribution is 5.73. The van der Waals surface area contributed by atoms with E-state index in [4.69, 9.17) is 44.4 Å². The molecule has 33 heavy (non-hydrogen) atoms. The monoisotopic (exact) mass is 482 g/mol. The number of hydrogen-bond donors (Lipinski definition) is 6. The van der Waals surface area contributed by atoms with Crippen molar-refractivity contribution in [2.75, 3.05) is 46.8 Å². The first-order valence-corrected chi connectivity index (χ1v) is 11.0. The van der Waals surface area contributed by atoms with Crippen molar-refractivity contribution in [1.29, 1.82) is 0 Å². The summed E-state index contributed by atoms with van der Waals surface area (Å²) in [5.41, 5.74) is 6.17. The van der Waals surface area contributed by atoms with Crippen LogP contribution in [0.3, 0.4) is 0 Å². The molecule has 2 saturated heterocycles. The van der Waals surface area contributed by atoms with Gasteiger partial charge >= 0.3 is 0 Å². The standard InChI is InChI=1S/C20H38N2O11/c1-10-12(8-29-6-4-23)31-19(14(21)16(10)26)33-18-13(9-30-7-5-24)32-20(28-3)15(17(18)27)22-11(2)25/h10,12-20,23-24,26-27H,4-9,21H2,1-3H3,(H,22,25)/t10-,12?,13?,14?,15?,16+,17-,18-,19-,20+/m0/s1. The third kappa shape index (κ3) is 7.50. The lowest BCUT2D eigenvalue weighted by molar-refractivity contribution is -0.325. The lowest BCUT2D eigenvalue weighted by Gasteiger charge is -2.48. The average molecular weight is 483 g/mol. The van der Waals surface area contributed by atoms with Gasteiger partial charge in [0, 0.05) is 20.0 Å². The second-order valence-corrected chi connectivity index (χ2v) is 8.16. The fourth-order valence-corrected chi connectivity index (χ4v) is 3.93. The number of hydrogen-bond acceptors (Lipinski definition) is 12. The van der Waals surface area contributed by atoms with Crippen LogP contribution in [0, 0.1) is 5.92 Å². The molecule has 4 unspecified atom stereocenters. The van der Waals surface area contributed by atoms with Crippen LogP contribution in [-0.4, -0.2) is 128 Å². The summed E-state index contributed by atoms with van der Waals surface area (Å²) in [5.74, 6) is -0.783. The predicted octanol–water partition coefficient (Wildman–Crippen LogP) is -3.32. The van der Waals surface area contributed by atoms with Crippen molar-refractivity contribution in [3.05, 3.63) is 0 Å². The summed E-state index contributed by atoms with van der Waals surface area (Å²) < 4.78 is 33.8. The van der Waals surface area contributed by atoms with Crippen molar-refractivity contribution < 1.29 is 53.6 Å². The minimum Gasteiger partial charge on any atom is -0.394 e. The molecule has 2 heterocycles. The zero-order valence-corrected chi connectivity index (χ0v) is 19.2. The maximum atomic E-state index is 11.7. The third-order valence-electron chi connectivity index (χ3n) is 5.74. The number of methoxy groups -OCH3 is 1. The molecule has 0 saturated carbocycles. The Kier molecular flexibility index (Phi) is 11.8. The molecule has 194 valence electrons. The number of aliphatic hydroxyl groups excluding tert-OH is 4. The van der Waals surface area contributed by atoms with Gasteiger partial charge in [-0.3, -0.25) is 4.79 Å². The normalized spacial score (nSPS) is 39.4. The van der Waals surface area contributed by atoms with Crippen LogP contribution in [0.4, 0.5) is 0 Å². The summed E-state index contributed by atoms with van der Waals surface area (Å²) in [5, 5.41) is 42.2. The molecule has 0 spiro atoms. The number of carbonyl (C=O) groups excluding carboxylic acids is 1. The zero-order valence-electron chi connectivity index (χ0n) is 19.2. The molecule has 0 aromatic heterocycles. The molecule has 1 amide bonds. The fraction of sp³-hybridized carbons (Fsp3) is 0.950. The summed E-state index contributed by atoms with van der Waals surface area (Å²) in [7, 11) is 1.37. The van der Waals surface area contributed by atoms with E-state index in [1.165, 1.54) is 14.0 Å². The van der Waals surface area contributed by atoms with Gasteiger partial charge in [-0.1, -0.05) is 6.92 Å². The zero-order chi connectivity index (χ0) is 24.5. The van der Waals surface area contributed by atoms with Crippen LogP contribution in [0.15, 0.2) is 0 Å². The van der Waals surface area contributed by atoms with Gasteiger partial charge in [0.2, 0.25) is 5.91 Å². The van der Waals surface area contributed by atoms with Crippen molar-refractivity contribution in [1.82, 2.24) is 5.32 Å². The van der Waals surface area contributed by atoms with Gasteiger partial charge in [0.15, 0.2) is 12.6 Å². The van der Waals surface area contributed by atoms with Gasteiger partial charge in [-0.05, 0) is 0 Å². The van der Waals surface area contributed by atoms with E-state index in [-0.39, 0.29) is 45.6 Å². The Morgan fingerprint density at radius 1 is 1.00 bits per heavy atom. The predicted molar refractivity (Wildman–Crippen MR) is 112 cm³/mol. The minimum absolute atomic E-state index is 0.0371. The van der Waals surface area contributed by atoms with E-state index in [0.29, 0.717) is 0 Å². The number of aliphatic hydroxyl groups is 4. The van der Waals surface area contributed by atoms with Crippen LogP contribution >= 0.6 is 0 Å². The van der Waals surface area contributed by atoms with Gasteiger partial charge in [-0.2, -0.15) is 0 Å². The molecule has 0 aromatic carbocycles. The second-order valence-electron chi connectivity index (χ2n) is 8.16. The Morgan fingerprint density at radius 2 is 1.58 bits per heavy atom. The smallest absolute Gasteiger partial charge is 0.217 e. The van der Waals surface area contributed by atoms with E-state index in [9.17, 15) is 15.0 Å². The van der Waals surface area contributed by atoms with Crippen LogP contribution < -0.4 is 11.1 Å². The van der Waals surface area contributed by atoms with Crippen molar-refractivity contribution in [3.63, 3.8) is 0 Å². The number of ether oxygens (including phenoxy) is 6. The van der Waals surface area contributed by atoms with Crippen LogP contribution in [0.1, 0.15) is 13.8 Å². The number of nitrogens with two attached hydrogens (primary N) is 1. The number of rotatable bonds is 12. The molecule has 0 aromatic rings. The highest BCUT2D eigenvalue weighted by Crippen LogP contribution is 2.31.